The molecule has 0 aromatic heterocycles. The van der Waals surface area contributed by atoms with Crippen molar-refractivity contribution in [2.45, 2.75) is 13.3 Å². The molecule has 1 aromatic carbocycles. The van der Waals surface area contributed by atoms with Crippen LogP contribution in [0.3, 0.4) is 0 Å². The van der Waals surface area contributed by atoms with Crippen LogP contribution in [0.1, 0.15) is 13.3 Å². The summed E-state index contributed by atoms with van der Waals surface area (Å²) in [5, 5.41) is 6.47. The monoisotopic (exact) mass is 270 g/mol. The lowest BCUT2D eigenvalue weighted by atomic mass is 10.3. The van der Waals surface area contributed by atoms with Crippen LogP contribution in [-0.4, -0.2) is 32.2 Å². The maximum atomic E-state index is 11.5. The van der Waals surface area contributed by atoms with Crippen LogP contribution in [0.25, 0.3) is 0 Å². The van der Waals surface area contributed by atoms with Gasteiger partial charge in [0.05, 0.1) is 6.54 Å². The summed E-state index contributed by atoms with van der Waals surface area (Å²) in [7, 11) is 0. The van der Waals surface area contributed by atoms with Crippen molar-refractivity contribution in [3.05, 3.63) is 29.3 Å². The van der Waals surface area contributed by atoms with Gasteiger partial charge in [0.25, 0.3) is 0 Å². The zero-order valence-electron chi connectivity index (χ0n) is 10.5. The third-order valence-corrected chi connectivity index (χ3v) is 2.50. The summed E-state index contributed by atoms with van der Waals surface area (Å²) in [6, 6.07) is 7.28. The third-order valence-electron chi connectivity index (χ3n) is 2.27. The van der Waals surface area contributed by atoms with Gasteiger partial charge in [0.1, 0.15) is 0 Å². The number of ether oxygens (including phenoxy) is 1. The minimum absolute atomic E-state index is 0.0357. The molecule has 1 amide bonds. The summed E-state index contributed by atoms with van der Waals surface area (Å²) in [4.78, 5) is 11.5. The number of benzene rings is 1. The van der Waals surface area contributed by atoms with Crippen molar-refractivity contribution in [1.82, 2.24) is 5.32 Å². The molecule has 0 aliphatic rings. The molecule has 0 fully saturated rings. The molecule has 0 bridgehead atoms. The second-order valence-corrected chi connectivity index (χ2v) is 4.20. The minimum atomic E-state index is -0.0357. The van der Waals surface area contributed by atoms with Crippen molar-refractivity contribution in [3.8, 4) is 0 Å². The van der Waals surface area contributed by atoms with E-state index in [0.717, 1.165) is 12.1 Å². The Labute approximate surface area is 113 Å². The molecule has 0 aliphatic carbocycles. The third kappa shape index (κ3) is 6.47. The van der Waals surface area contributed by atoms with Crippen LogP contribution in [0.2, 0.25) is 5.02 Å². The maximum Gasteiger partial charge on any atom is 0.239 e. The molecule has 0 unspecified atom stereocenters. The van der Waals surface area contributed by atoms with E-state index in [2.05, 4.69) is 10.6 Å². The predicted octanol–water partition coefficient (Wildman–Crippen LogP) is 2.29. The van der Waals surface area contributed by atoms with E-state index in [1.165, 1.54) is 0 Å². The first-order valence-electron chi connectivity index (χ1n) is 6.06. The zero-order chi connectivity index (χ0) is 13.2. The Morgan fingerprint density at radius 3 is 3.00 bits per heavy atom. The lowest BCUT2D eigenvalue weighted by Crippen LogP contribution is -2.31. The average molecular weight is 271 g/mol. The number of hydrogen-bond donors (Lipinski definition) is 2. The summed E-state index contributed by atoms with van der Waals surface area (Å²) >= 11 is 5.84. The lowest BCUT2D eigenvalue weighted by molar-refractivity contribution is -0.119. The second kappa shape index (κ2) is 8.78. The fraction of sp³-hybridized carbons (Fsp3) is 0.462. The second-order valence-electron chi connectivity index (χ2n) is 3.76. The molecule has 0 radical (unpaired) electrons. The number of carbonyl (C=O) groups is 1. The predicted molar refractivity (Wildman–Crippen MR) is 74.1 cm³/mol. The highest BCUT2D eigenvalue weighted by Crippen LogP contribution is 2.14. The van der Waals surface area contributed by atoms with E-state index in [1.807, 2.05) is 19.1 Å². The van der Waals surface area contributed by atoms with E-state index < -0.39 is 0 Å². The summed E-state index contributed by atoms with van der Waals surface area (Å²) in [6.45, 7) is 4.22. The van der Waals surface area contributed by atoms with Gasteiger partial charge < -0.3 is 15.4 Å². The summed E-state index contributed by atoms with van der Waals surface area (Å²) < 4.78 is 5.18. The quantitative estimate of drug-likeness (QED) is 0.713. The number of nitrogens with one attached hydrogen (secondary N) is 2. The first kappa shape index (κ1) is 14.8. The van der Waals surface area contributed by atoms with Crippen molar-refractivity contribution in [2.75, 3.05) is 31.6 Å². The van der Waals surface area contributed by atoms with Crippen LogP contribution in [0.4, 0.5) is 5.69 Å². The van der Waals surface area contributed by atoms with E-state index in [9.17, 15) is 4.79 Å². The van der Waals surface area contributed by atoms with E-state index >= 15 is 0 Å². The highest BCUT2D eigenvalue weighted by molar-refractivity contribution is 6.30. The van der Waals surface area contributed by atoms with E-state index in [-0.39, 0.29) is 12.5 Å². The standard InChI is InChI=1S/C13H19ClN2O2/c1-2-18-8-4-7-15-13(17)10-16-12-6-3-5-11(14)9-12/h3,5-6,9,16H,2,4,7-8,10H2,1H3,(H,15,17). The van der Waals surface area contributed by atoms with Crippen LogP contribution >= 0.6 is 11.6 Å². The summed E-state index contributed by atoms with van der Waals surface area (Å²) in [5.41, 5.74) is 0.840. The van der Waals surface area contributed by atoms with Crippen LogP contribution in [0.15, 0.2) is 24.3 Å². The SMILES string of the molecule is CCOCCCNC(=O)CNc1cccc(Cl)c1. The number of halogens is 1. The topological polar surface area (TPSA) is 50.4 Å². The molecule has 1 aromatic rings. The highest BCUT2D eigenvalue weighted by Gasteiger charge is 2.00. The Balaban J connectivity index is 2.13. The van der Waals surface area contributed by atoms with Crippen molar-refractivity contribution < 1.29 is 9.53 Å². The van der Waals surface area contributed by atoms with Crippen molar-refractivity contribution >= 4 is 23.2 Å². The maximum absolute atomic E-state index is 11.5. The number of amides is 1. The molecule has 5 heteroatoms. The van der Waals surface area contributed by atoms with Crippen molar-refractivity contribution in [2.24, 2.45) is 0 Å². The van der Waals surface area contributed by atoms with Gasteiger partial charge in [-0.1, -0.05) is 17.7 Å². The van der Waals surface area contributed by atoms with E-state index in [0.29, 0.717) is 24.8 Å². The number of anilines is 1. The molecule has 4 nitrogen and oxygen atoms in total. The van der Waals surface area contributed by atoms with Gasteiger partial charge in [-0.3, -0.25) is 4.79 Å². The molecular formula is C13H19ClN2O2. The molecule has 100 valence electrons. The first-order valence-corrected chi connectivity index (χ1v) is 6.44. The molecule has 1 rings (SSSR count). The normalized spacial score (nSPS) is 10.1. The minimum Gasteiger partial charge on any atom is -0.382 e. The highest BCUT2D eigenvalue weighted by atomic mass is 35.5. The van der Waals surface area contributed by atoms with Gasteiger partial charge in [0.2, 0.25) is 5.91 Å². The first-order chi connectivity index (χ1) is 8.72. The van der Waals surface area contributed by atoms with Crippen LogP contribution < -0.4 is 10.6 Å². The smallest absolute Gasteiger partial charge is 0.239 e. The van der Waals surface area contributed by atoms with E-state index in [4.69, 9.17) is 16.3 Å². The summed E-state index contributed by atoms with van der Waals surface area (Å²) in [6.07, 6.45) is 0.830. The van der Waals surface area contributed by atoms with Gasteiger partial charge in [-0.2, -0.15) is 0 Å². The zero-order valence-corrected chi connectivity index (χ0v) is 11.3. The Bertz CT molecular complexity index is 372. The molecule has 0 aliphatic heterocycles. The van der Waals surface area contributed by atoms with Gasteiger partial charge in [0, 0.05) is 30.5 Å². The molecule has 0 heterocycles. The molecule has 0 atom stereocenters. The fourth-order valence-electron chi connectivity index (χ4n) is 1.39. The van der Waals surface area contributed by atoms with Crippen LogP contribution in [0.5, 0.6) is 0 Å². The van der Waals surface area contributed by atoms with Crippen LogP contribution in [-0.2, 0) is 9.53 Å². The molecule has 18 heavy (non-hydrogen) atoms. The van der Waals surface area contributed by atoms with Crippen molar-refractivity contribution in [3.63, 3.8) is 0 Å². The Hall–Kier alpha value is -1.26. The average Bonchev–Trinajstić information content (AvgIpc) is 2.36. The number of carbonyl (C=O) groups excluding carboxylic acids is 1. The van der Waals surface area contributed by atoms with Gasteiger partial charge in [-0.05, 0) is 31.5 Å². The van der Waals surface area contributed by atoms with Gasteiger partial charge in [-0.25, -0.2) is 0 Å². The largest absolute Gasteiger partial charge is 0.382 e. The molecule has 0 spiro atoms. The van der Waals surface area contributed by atoms with Crippen molar-refractivity contribution in [1.29, 1.82) is 0 Å². The molecular weight excluding hydrogens is 252 g/mol. The Kier molecular flexibility index (Phi) is 7.22. The Morgan fingerprint density at radius 2 is 2.28 bits per heavy atom. The molecule has 2 N–H and O–H groups in total. The lowest BCUT2D eigenvalue weighted by Gasteiger charge is -2.08. The van der Waals surface area contributed by atoms with Gasteiger partial charge >= 0.3 is 0 Å². The summed E-state index contributed by atoms with van der Waals surface area (Å²) in [5.74, 6) is -0.0357. The Morgan fingerprint density at radius 1 is 1.44 bits per heavy atom. The van der Waals surface area contributed by atoms with Crippen LogP contribution in [0, 0.1) is 0 Å². The van der Waals surface area contributed by atoms with Gasteiger partial charge in [0.15, 0.2) is 0 Å². The number of hydrogen-bond acceptors (Lipinski definition) is 3. The number of rotatable bonds is 8. The molecule has 0 saturated carbocycles. The van der Waals surface area contributed by atoms with Gasteiger partial charge in [-0.15, -0.1) is 0 Å². The molecule has 0 saturated heterocycles. The fourth-order valence-corrected chi connectivity index (χ4v) is 1.58. The van der Waals surface area contributed by atoms with E-state index in [1.54, 1.807) is 12.1 Å².